The molecule has 0 atom stereocenters. The third-order valence-electron chi connectivity index (χ3n) is 8.88. The predicted molar refractivity (Wildman–Crippen MR) is 196 cm³/mol. The maximum Gasteiger partial charge on any atom is 0.239 e. The van der Waals surface area contributed by atoms with E-state index in [2.05, 4.69) is 25.4 Å². The predicted octanol–water partition coefficient (Wildman–Crippen LogP) is 6.68. The molecule has 17 heteroatoms. The maximum atomic E-state index is 13.6. The number of nitrogens with one attached hydrogen (secondary N) is 2. The minimum atomic E-state index is -4.51. The van der Waals surface area contributed by atoms with E-state index in [1.54, 1.807) is 6.07 Å². The first-order chi connectivity index (χ1) is 25.2. The number of nitrogens with two attached hydrogens (primary N) is 1. The zero-order chi connectivity index (χ0) is 35.3. The molecule has 0 radical (unpaired) electrons. The molecule has 0 spiro atoms. The Bertz CT molecular complexity index is 3160. The number of rotatable bonds is 2. The highest BCUT2D eigenvalue weighted by Crippen LogP contribution is 2.41. The fourth-order valence-electron chi connectivity index (χ4n) is 6.65. The van der Waals surface area contributed by atoms with Crippen LogP contribution in [0.1, 0.15) is 0 Å². The molecule has 10 rings (SSSR count). The largest absolute Gasteiger partial charge is 0.324 e. The number of halogens is 2. The SMILES string of the molecule is NS(=O)(=O)c1c(-c2nnnc(Cl)c2Cl)ccc2c3nc4nc(nc5[nH]c(nc6nc(nc([nH]3)c12)-c1ccccc1-6)c1ccccc51)-c1ccccc1-4. The van der Waals surface area contributed by atoms with Crippen molar-refractivity contribution < 1.29 is 8.42 Å². The number of aromatic nitrogens is 11. The Labute approximate surface area is 301 Å². The minimum Gasteiger partial charge on any atom is -0.324 e. The van der Waals surface area contributed by atoms with Crippen LogP contribution in [0.3, 0.4) is 0 Å². The first-order valence-electron chi connectivity index (χ1n) is 15.6. The standard InChI is InChI=1S/C35H18Cl2N12O2S/c36-24-25(47-49-48-27(24)37)22-14-13-21-23(26(22)52(38,50)51)35-45-33-20-12-6-5-11-19(20)31(43-33)41-29-16-8-2-1-7-15(16)28(39-29)40-30-17-9-3-4-10-18(17)32(42-30)44-34(21)46-35/h1-14H,(H2,38,50,51)(H2,39,40,41,42,43,44,45,46). The lowest BCUT2D eigenvalue weighted by atomic mass is 10.1. The number of aromatic amines is 2. The molecule has 52 heavy (non-hydrogen) atoms. The molecule has 0 aliphatic carbocycles. The molecular formula is C35H18Cl2N12O2S. The van der Waals surface area contributed by atoms with E-state index in [9.17, 15) is 8.42 Å². The van der Waals surface area contributed by atoms with Crippen molar-refractivity contribution in [3.05, 3.63) is 95.1 Å². The Morgan fingerprint density at radius 2 is 0.981 bits per heavy atom. The zero-order valence-electron chi connectivity index (χ0n) is 26.2. The molecule has 4 aromatic carbocycles. The number of nitrogens with zero attached hydrogens (tertiary/aromatic N) is 9. The Hall–Kier alpha value is -6.26. The molecule has 4 aromatic heterocycles. The second-order valence-electron chi connectivity index (χ2n) is 11.9. The van der Waals surface area contributed by atoms with Gasteiger partial charge in [-0.15, -0.1) is 10.2 Å². The van der Waals surface area contributed by atoms with Gasteiger partial charge in [-0.3, -0.25) is 0 Å². The first-order valence-corrected chi connectivity index (χ1v) is 17.9. The maximum absolute atomic E-state index is 13.6. The summed E-state index contributed by atoms with van der Waals surface area (Å²) in [5, 5.41) is 19.2. The van der Waals surface area contributed by atoms with Gasteiger partial charge >= 0.3 is 0 Å². The van der Waals surface area contributed by atoms with Gasteiger partial charge in [0.05, 0.1) is 0 Å². The Balaban J connectivity index is 1.43. The van der Waals surface area contributed by atoms with Crippen molar-refractivity contribution in [2.75, 3.05) is 0 Å². The number of hydrogen-bond donors (Lipinski definition) is 3. The van der Waals surface area contributed by atoms with Crippen LogP contribution in [0.4, 0.5) is 0 Å². The molecule has 0 saturated heterocycles. The van der Waals surface area contributed by atoms with Gasteiger partial charge in [0, 0.05) is 49.4 Å². The number of fused-ring (bicyclic) bond motifs is 20. The zero-order valence-corrected chi connectivity index (χ0v) is 28.5. The van der Waals surface area contributed by atoms with Crippen molar-refractivity contribution >= 4 is 77.4 Å². The summed E-state index contributed by atoms with van der Waals surface area (Å²) < 4.78 is 27.2. The third-order valence-corrected chi connectivity index (χ3v) is 10.6. The average molecular weight is 742 g/mol. The van der Waals surface area contributed by atoms with Gasteiger partial charge < -0.3 is 9.97 Å². The molecule has 0 unspecified atom stereocenters. The van der Waals surface area contributed by atoms with Crippen molar-refractivity contribution in [3.63, 3.8) is 0 Å². The number of primary sulfonamides is 1. The van der Waals surface area contributed by atoms with Gasteiger partial charge in [0.25, 0.3) is 0 Å². The lowest BCUT2D eigenvalue weighted by molar-refractivity contribution is 0.599. The summed E-state index contributed by atoms with van der Waals surface area (Å²) >= 11 is 12.7. The Kier molecular flexibility index (Phi) is 6.53. The quantitative estimate of drug-likeness (QED) is 0.170. The molecule has 250 valence electrons. The van der Waals surface area contributed by atoms with Crippen molar-refractivity contribution in [1.82, 2.24) is 55.3 Å². The van der Waals surface area contributed by atoms with Crippen LogP contribution in [0.25, 0.3) is 101 Å². The van der Waals surface area contributed by atoms with Crippen LogP contribution < -0.4 is 5.14 Å². The van der Waals surface area contributed by atoms with E-state index in [0.29, 0.717) is 39.7 Å². The number of sulfonamides is 1. The number of H-pyrrole nitrogens is 2. The van der Waals surface area contributed by atoms with Gasteiger partial charge in [-0.2, -0.15) is 0 Å². The van der Waals surface area contributed by atoms with Crippen LogP contribution in [0.2, 0.25) is 10.2 Å². The highest BCUT2D eigenvalue weighted by Gasteiger charge is 2.28. The van der Waals surface area contributed by atoms with Crippen molar-refractivity contribution in [2.24, 2.45) is 5.14 Å². The normalized spacial score (nSPS) is 12.3. The van der Waals surface area contributed by atoms with Gasteiger partial charge in [-0.1, -0.05) is 102 Å². The molecule has 4 N–H and O–H groups in total. The highest BCUT2D eigenvalue weighted by atomic mass is 35.5. The minimum absolute atomic E-state index is 0.0351. The molecule has 8 bridgehead atoms. The van der Waals surface area contributed by atoms with Gasteiger partial charge in [-0.05, 0) is 11.3 Å². The van der Waals surface area contributed by atoms with E-state index in [-0.39, 0.29) is 48.8 Å². The fraction of sp³-hybridized carbons (Fsp3) is 0. The van der Waals surface area contributed by atoms with E-state index in [1.807, 2.05) is 72.8 Å². The molecule has 0 fully saturated rings. The van der Waals surface area contributed by atoms with Gasteiger partial charge in [-0.25, -0.2) is 43.5 Å². The van der Waals surface area contributed by atoms with E-state index < -0.39 is 10.0 Å². The molecule has 0 saturated carbocycles. The summed E-state index contributed by atoms with van der Waals surface area (Å²) in [4.78, 5) is 35.9. The average Bonchev–Trinajstić information content (AvgIpc) is 3.88. The number of hydrogen-bond acceptors (Lipinski definition) is 11. The highest BCUT2D eigenvalue weighted by molar-refractivity contribution is 7.89. The molecular weight excluding hydrogens is 723 g/mol. The van der Waals surface area contributed by atoms with E-state index in [1.165, 1.54) is 6.07 Å². The molecule has 0 amide bonds. The van der Waals surface area contributed by atoms with Gasteiger partial charge in [0.1, 0.15) is 38.2 Å². The molecule has 8 aromatic rings. The third kappa shape index (κ3) is 4.60. The molecule has 2 aliphatic rings. The summed E-state index contributed by atoms with van der Waals surface area (Å²) in [6, 6.07) is 26.0. The van der Waals surface area contributed by atoms with Crippen LogP contribution in [-0.4, -0.2) is 63.7 Å². The molecule has 14 nitrogen and oxygen atoms in total. The smallest absolute Gasteiger partial charge is 0.239 e. The lowest BCUT2D eigenvalue weighted by Crippen LogP contribution is -2.14. The molecule has 6 heterocycles. The Morgan fingerprint density at radius 3 is 1.50 bits per heavy atom. The summed E-state index contributed by atoms with van der Waals surface area (Å²) in [7, 11) is -4.51. The number of benzene rings is 4. The fourth-order valence-corrected chi connectivity index (χ4v) is 7.91. The van der Waals surface area contributed by atoms with E-state index in [0.717, 1.165) is 27.5 Å². The first kappa shape index (κ1) is 30.6. The van der Waals surface area contributed by atoms with Gasteiger partial charge in [0.2, 0.25) is 10.0 Å². The summed E-state index contributed by atoms with van der Waals surface area (Å²) in [6.07, 6.45) is 0. The van der Waals surface area contributed by atoms with Crippen molar-refractivity contribution in [2.45, 2.75) is 4.90 Å². The lowest BCUT2D eigenvalue weighted by Gasteiger charge is -2.10. The summed E-state index contributed by atoms with van der Waals surface area (Å²) in [6.45, 7) is 0. The second-order valence-corrected chi connectivity index (χ2v) is 14.1. The van der Waals surface area contributed by atoms with Gasteiger partial charge in [0.15, 0.2) is 28.5 Å². The second kappa shape index (κ2) is 11.1. The summed E-state index contributed by atoms with van der Waals surface area (Å²) in [5.74, 6) is 1.43. The van der Waals surface area contributed by atoms with E-state index >= 15 is 0 Å². The van der Waals surface area contributed by atoms with Crippen LogP contribution in [0.5, 0.6) is 0 Å². The molecule has 2 aliphatic heterocycles. The van der Waals surface area contributed by atoms with Crippen molar-refractivity contribution in [3.8, 4) is 56.8 Å². The van der Waals surface area contributed by atoms with Crippen LogP contribution in [0.15, 0.2) is 89.8 Å². The van der Waals surface area contributed by atoms with Crippen LogP contribution in [-0.2, 0) is 10.0 Å². The topological polar surface area (TPSA) is 208 Å². The Morgan fingerprint density at radius 1 is 0.519 bits per heavy atom. The van der Waals surface area contributed by atoms with Crippen molar-refractivity contribution in [1.29, 1.82) is 0 Å². The monoisotopic (exact) mass is 740 g/mol. The summed E-state index contributed by atoms with van der Waals surface area (Å²) in [5.41, 5.74) is 4.32. The van der Waals surface area contributed by atoms with Crippen LogP contribution in [0, 0.1) is 0 Å². The van der Waals surface area contributed by atoms with E-state index in [4.69, 9.17) is 58.2 Å². The van der Waals surface area contributed by atoms with Crippen LogP contribution >= 0.6 is 23.2 Å².